The second-order valence-electron chi connectivity index (χ2n) is 8.84. The molecule has 10 heteroatoms. The topological polar surface area (TPSA) is 104 Å². The Kier molecular flexibility index (Phi) is 6.52. The normalized spacial score (nSPS) is 17.7. The Labute approximate surface area is 195 Å². The van der Waals surface area contributed by atoms with Crippen molar-refractivity contribution in [2.45, 2.75) is 41.6 Å². The van der Waals surface area contributed by atoms with Gasteiger partial charge < -0.3 is 5.32 Å². The number of nitrogens with one attached hydrogen (secondary N) is 1. The third-order valence-corrected chi connectivity index (χ3v) is 8.61. The number of likely N-dealkylation sites (tertiary alicyclic amines) is 1. The van der Waals surface area contributed by atoms with Crippen LogP contribution in [0.3, 0.4) is 0 Å². The van der Waals surface area contributed by atoms with Crippen molar-refractivity contribution in [3.8, 4) is 0 Å². The second kappa shape index (κ2) is 9.08. The summed E-state index contributed by atoms with van der Waals surface area (Å²) in [6.07, 6.45) is 4.59. The average Bonchev–Trinajstić information content (AvgIpc) is 3.18. The van der Waals surface area contributed by atoms with E-state index in [0.717, 1.165) is 42.7 Å². The molecule has 2 aromatic rings. The molecule has 0 atom stereocenters. The Morgan fingerprint density at radius 2 is 1.67 bits per heavy atom. The lowest BCUT2D eigenvalue weighted by Gasteiger charge is -2.33. The van der Waals surface area contributed by atoms with E-state index in [0.29, 0.717) is 24.4 Å². The van der Waals surface area contributed by atoms with E-state index in [-0.39, 0.29) is 17.0 Å². The highest BCUT2D eigenvalue weighted by atomic mass is 32.2. The number of amides is 2. The fourth-order valence-corrected chi connectivity index (χ4v) is 6.15. The first-order valence-electron chi connectivity index (χ1n) is 10.9. The molecule has 0 unspecified atom stereocenters. The zero-order valence-corrected chi connectivity index (χ0v) is 20.5. The first-order chi connectivity index (χ1) is 15.5. The molecular weight excluding hydrogens is 462 g/mol. The molecule has 0 aromatic heterocycles. The van der Waals surface area contributed by atoms with Gasteiger partial charge in [0.05, 0.1) is 9.79 Å². The molecule has 4 rings (SSSR count). The number of rotatable bonds is 5. The summed E-state index contributed by atoms with van der Waals surface area (Å²) in [5.41, 5.74) is 2.42. The first-order valence-corrected chi connectivity index (χ1v) is 14.7. The standard InChI is InChI=1S/C23H29N3O5S2/c1-32(28,29)20-7-8-21-17(15-20)9-14-26(21)23(27)24-19-10-12-25(13-11-19)16-18-5-3-4-6-22(18)33(2,30)31/h3-8,15,19H,9-14,16H2,1-2H3,(H,24,27). The third-order valence-electron chi connectivity index (χ3n) is 6.30. The van der Waals surface area contributed by atoms with Crippen molar-refractivity contribution in [3.05, 3.63) is 53.6 Å². The van der Waals surface area contributed by atoms with E-state index in [9.17, 15) is 21.6 Å². The SMILES string of the molecule is CS(=O)(=O)c1ccc2c(c1)CCN2C(=O)NC1CCN(Cc2ccccc2S(C)(=O)=O)CC1. The molecule has 1 fully saturated rings. The number of hydrogen-bond acceptors (Lipinski definition) is 6. The van der Waals surface area contributed by atoms with Gasteiger partial charge in [0.25, 0.3) is 0 Å². The van der Waals surface area contributed by atoms with E-state index in [1.807, 2.05) is 12.1 Å². The number of urea groups is 1. The predicted octanol–water partition coefficient (Wildman–Crippen LogP) is 2.23. The van der Waals surface area contributed by atoms with Crippen LogP contribution >= 0.6 is 0 Å². The van der Waals surface area contributed by atoms with Gasteiger partial charge >= 0.3 is 6.03 Å². The number of hydrogen-bond donors (Lipinski definition) is 1. The molecule has 0 saturated carbocycles. The highest BCUT2D eigenvalue weighted by Crippen LogP contribution is 2.30. The van der Waals surface area contributed by atoms with E-state index in [1.54, 1.807) is 35.2 Å². The fourth-order valence-electron chi connectivity index (χ4n) is 4.54. The molecule has 2 aliphatic heterocycles. The summed E-state index contributed by atoms with van der Waals surface area (Å²) in [5.74, 6) is 0. The predicted molar refractivity (Wildman–Crippen MR) is 127 cm³/mol. The maximum atomic E-state index is 12.9. The first kappa shape index (κ1) is 23.7. The summed E-state index contributed by atoms with van der Waals surface area (Å²) in [4.78, 5) is 17.4. The molecule has 8 nitrogen and oxygen atoms in total. The number of carbonyl (C=O) groups is 1. The van der Waals surface area contributed by atoms with Crippen molar-refractivity contribution >= 4 is 31.4 Å². The van der Waals surface area contributed by atoms with E-state index in [1.165, 1.54) is 12.5 Å². The Balaban J connectivity index is 1.34. The summed E-state index contributed by atoms with van der Waals surface area (Å²) in [6.45, 7) is 2.61. The number of sulfone groups is 2. The second-order valence-corrected chi connectivity index (χ2v) is 12.8. The highest BCUT2D eigenvalue weighted by molar-refractivity contribution is 7.91. The largest absolute Gasteiger partial charge is 0.335 e. The molecular formula is C23H29N3O5S2. The van der Waals surface area contributed by atoms with Crippen LogP contribution in [0.15, 0.2) is 52.3 Å². The smallest absolute Gasteiger partial charge is 0.322 e. The average molecular weight is 492 g/mol. The van der Waals surface area contributed by atoms with E-state index in [4.69, 9.17) is 0 Å². The number of piperidine rings is 1. The zero-order valence-electron chi connectivity index (χ0n) is 18.8. The lowest BCUT2D eigenvalue weighted by molar-refractivity contribution is 0.187. The van der Waals surface area contributed by atoms with Crippen LogP contribution in [0.1, 0.15) is 24.0 Å². The van der Waals surface area contributed by atoms with Crippen LogP contribution < -0.4 is 10.2 Å². The molecule has 0 radical (unpaired) electrons. The molecule has 2 amide bonds. The van der Waals surface area contributed by atoms with Crippen LogP contribution in [0, 0.1) is 0 Å². The minimum atomic E-state index is -3.28. The molecule has 1 N–H and O–H groups in total. The summed E-state index contributed by atoms with van der Waals surface area (Å²) < 4.78 is 47.7. The maximum absolute atomic E-state index is 12.9. The van der Waals surface area contributed by atoms with Gasteiger partial charge in [0, 0.05) is 50.4 Å². The van der Waals surface area contributed by atoms with Gasteiger partial charge in [-0.3, -0.25) is 9.80 Å². The fraction of sp³-hybridized carbons (Fsp3) is 0.435. The van der Waals surface area contributed by atoms with Crippen molar-refractivity contribution in [2.75, 3.05) is 37.0 Å². The lowest BCUT2D eigenvalue weighted by atomic mass is 10.0. The zero-order chi connectivity index (χ0) is 23.8. The van der Waals surface area contributed by atoms with Crippen LogP contribution in [0.5, 0.6) is 0 Å². The molecule has 0 bridgehead atoms. The van der Waals surface area contributed by atoms with Crippen molar-refractivity contribution in [2.24, 2.45) is 0 Å². The van der Waals surface area contributed by atoms with Crippen LogP contribution in [0.4, 0.5) is 10.5 Å². The van der Waals surface area contributed by atoms with Crippen molar-refractivity contribution in [3.63, 3.8) is 0 Å². The molecule has 2 heterocycles. The summed E-state index contributed by atoms with van der Waals surface area (Å²) >= 11 is 0. The monoisotopic (exact) mass is 491 g/mol. The summed E-state index contributed by atoms with van der Waals surface area (Å²) in [5, 5.41) is 3.11. The van der Waals surface area contributed by atoms with Gasteiger partial charge in [0.1, 0.15) is 0 Å². The number of anilines is 1. The lowest BCUT2D eigenvalue weighted by Crippen LogP contribution is -2.49. The quantitative estimate of drug-likeness (QED) is 0.688. The van der Waals surface area contributed by atoms with Gasteiger partial charge in [-0.1, -0.05) is 18.2 Å². The number of carbonyl (C=O) groups excluding carboxylic acids is 1. The van der Waals surface area contributed by atoms with Gasteiger partial charge in [-0.15, -0.1) is 0 Å². The number of nitrogens with zero attached hydrogens (tertiary/aromatic N) is 2. The van der Waals surface area contributed by atoms with E-state index < -0.39 is 19.7 Å². The molecule has 0 aliphatic carbocycles. The van der Waals surface area contributed by atoms with Gasteiger partial charge in [-0.05, 0) is 54.7 Å². The van der Waals surface area contributed by atoms with Crippen LogP contribution in [0.25, 0.3) is 0 Å². The van der Waals surface area contributed by atoms with Crippen molar-refractivity contribution in [1.82, 2.24) is 10.2 Å². The van der Waals surface area contributed by atoms with Gasteiger partial charge in [0.15, 0.2) is 19.7 Å². The van der Waals surface area contributed by atoms with Crippen molar-refractivity contribution < 1.29 is 21.6 Å². The molecule has 1 saturated heterocycles. The van der Waals surface area contributed by atoms with Crippen LogP contribution in [-0.4, -0.2) is 66.0 Å². The Bertz CT molecular complexity index is 1270. The molecule has 0 spiro atoms. The van der Waals surface area contributed by atoms with Crippen LogP contribution in [-0.2, 0) is 32.6 Å². The van der Waals surface area contributed by atoms with E-state index in [2.05, 4.69) is 10.2 Å². The van der Waals surface area contributed by atoms with Gasteiger partial charge in [-0.2, -0.15) is 0 Å². The Hall–Kier alpha value is -2.43. The Morgan fingerprint density at radius 3 is 2.33 bits per heavy atom. The maximum Gasteiger partial charge on any atom is 0.322 e. The third kappa shape index (κ3) is 5.39. The Morgan fingerprint density at radius 1 is 0.970 bits per heavy atom. The van der Waals surface area contributed by atoms with Gasteiger partial charge in [0.2, 0.25) is 0 Å². The minimum Gasteiger partial charge on any atom is -0.335 e. The minimum absolute atomic E-state index is 0.0400. The number of benzene rings is 2. The number of fused-ring (bicyclic) bond motifs is 1. The highest BCUT2D eigenvalue weighted by Gasteiger charge is 2.29. The molecule has 2 aliphatic rings. The van der Waals surface area contributed by atoms with Crippen LogP contribution in [0.2, 0.25) is 0 Å². The molecule has 33 heavy (non-hydrogen) atoms. The summed E-state index contributed by atoms with van der Waals surface area (Å²) in [7, 11) is -6.56. The van der Waals surface area contributed by atoms with Crippen molar-refractivity contribution in [1.29, 1.82) is 0 Å². The molecule has 2 aromatic carbocycles. The molecule has 178 valence electrons. The summed E-state index contributed by atoms with van der Waals surface area (Å²) in [6, 6.07) is 11.9. The van der Waals surface area contributed by atoms with Gasteiger partial charge in [-0.25, -0.2) is 21.6 Å². The van der Waals surface area contributed by atoms with E-state index >= 15 is 0 Å².